The Morgan fingerprint density at radius 2 is 1.76 bits per heavy atom. The van der Waals surface area contributed by atoms with Crippen molar-refractivity contribution in [3.63, 3.8) is 0 Å². The maximum absolute atomic E-state index is 11.8. The molecule has 3 aromatic rings. The topological polar surface area (TPSA) is 63.1 Å². The fourth-order valence-corrected chi connectivity index (χ4v) is 3.16. The van der Waals surface area contributed by atoms with Crippen LogP contribution in [0.15, 0.2) is 60.4 Å². The second kappa shape index (κ2) is 6.11. The van der Waals surface area contributed by atoms with E-state index in [1.807, 2.05) is 54.7 Å². The summed E-state index contributed by atoms with van der Waals surface area (Å²) in [6, 6.07) is 15.1. The van der Waals surface area contributed by atoms with E-state index in [-0.39, 0.29) is 5.70 Å². The summed E-state index contributed by atoms with van der Waals surface area (Å²) in [6.45, 7) is 0.613. The predicted molar refractivity (Wildman–Crippen MR) is 97.1 cm³/mol. The molecule has 6 heteroatoms. The lowest BCUT2D eigenvalue weighted by Crippen LogP contribution is -2.22. The molecule has 3 amide bonds. The summed E-state index contributed by atoms with van der Waals surface area (Å²) < 4.78 is 2.08. The standard InChI is InChI=1S/C19H14ClN3O2/c20-15-7-3-1-5-12(15)10-23-11-13(14-6-2-4-8-17(14)23)9-16-18(24)22-19(25)21-16/h1-9,11H,10H2,(H2,21,22,24,25)/b16-9-. The van der Waals surface area contributed by atoms with E-state index in [9.17, 15) is 9.59 Å². The number of hydrogen-bond donors (Lipinski definition) is 2. The van der Waals surface area contributed by atoms with Gasteiger partial charge in [0.25, 0.3) is 5.91 Å². The molecule has 1 aliphatic heterocycles. The zero-order valence-corrected chi connectivity index (χ0v) is 13.9. The van der Waals surface area contributed by atoms with Gasteiger partial charge in [-0.05, 0) is 23.8 Å². The third-order valence-electron chi connectivity index (χ3n) is 4.14. The summed E-state index contributed by atoms with van der Waals surface area (Å²) in [5, 5.41) is 6.43. The van der Waals surface area contributed by atoms with Gasteiger partial charge < -0.3 is 9.88 Å². The van der Waals surface area contributed by atoms with Gasteiger partial charge in [0, 0.05) is 34.2 Å². The van der Waals surface area contributed by atoms with Crippen molar-refractivity contribution in [2.24, 2.45) is 0 Å². The first kappa shape index (κ1) is 15.5. The molecule has 0 unspecified atom stereocenters. The fourth-order valence-electron chi connectivity index (χ4n) is 2.97. The number of carbonyl (C=O) groups excluding carboxylic acids is 2. The number of carbonyl (C=O) groups is 2. The van der Waals surface area contributed by atoms with Gasteiger partial charge >= 0.3 is 6.03 Å². The lowest BCUT2D eigenvalue weighted by atomic mass is 10.1. The van der Waals surface area contributed by atoms with Gasteiger partial charge in [0.2, 0.25) is 0 Å². The number of urea groups is 1. The normalized spacial score (nSPS) is 15.6. The highest BCUT2D eigenvalue weighted by Gasteiger charge is 2.23. The number of nitrogens with zero attached hydrogens (tertiary/aromatic N) is 1. The van der Waals surface area contributed by atoms with Crippen LogP contribution in [-0.4, -0.2) is 16.5 Å². The Bertz CT molecular complexity index is 1040. The lowest BCUT2D eigenvalue weighted by molar-refractivity contribution is -0.115. The van der Waals surface area contributed by atoms with Crippen LogP contribution in [-0.2, 0) is 11.3 Å². The van der Waals surface area contributed by atoms with Crippen molar-refractivity contribution in [3.05, 3.63) is 76.6 Å². The number of nitrogens with one attached hydrogen (secondary N) is 2. The third-order valence-corrected chi connectivity index (χ3v) is 4.51. The minimum Gasteiger partial charge on any atom is -0.342 e. The summed E-state index contributed by atoms with van der Waals surface area (Å²) in [6.07, 6.45) is 3.64. The number of hydrogen-bond acceptors (Lipinski definition) is 2. The zero-order valence-electron chi connectivity index (χ0n) is 13.1. The molecular formula is C19H14ClN3O2. The lowest BCUT2D eigenvalue weighted by Gasteiger charge is -2.07. The maximum Gasteiger partial charge on any atom is 0.326 e. The van der Waals surface area contributed by atoms with E-state index in [1.54, 1.807) is 6.08 Å². The second-order valence-corrected chi connectivity index (χ2v) is 6.19. The number of rotatable bonds is 3. The van der Waals surface area contributed by atoms with Crippen LogP contribution in [0, 0.1) is 0 Å². The van der Waals surface area contributed by atoms with Crippen LogP contribution in [0.2, 0.25) is 5.02 Å². The Hall–Kier alpha value is -3.05. The molecule has 0 spiro atoms. The largest absolute Gasteiger partial charge is 0.342 e. The van der Waals surface area contributed by atoms with Crippen molar-refractivity contribution in [2.45, 2.75) is 6.54 Å². The van der Waals surface area contributed by atoms with E-state index < -0.39 is 11.9 Å². The van der Waals surface area contributed by atoms with Crippen LogP contribution in [0.4, 0.5) is 4.79 Å². The molecule has 2 aromatic carbocycles. The Morgan fingerprint density at radius 1 is 1.00 bits per heavy atom. The SMILES string of the molecule is O=C1NC(=O)/C(=C/c2cn(Cc3ccccc3Cl)c3ccccc23)N1. The van der Waals surface area contributed by atoms with E-state index in [1.165, 1.54) is 0 Å². The zero-order chi connectivity index (χ0) is 17.4. The summed E-state index contributed by atoms with van der Waals surface area (Å²) in [7, 11) is 0. The number of halogens is 1. The van der Waals surface area contributed by atoms with Gasteiger partial charge in [0.05, 0.1) is 0 Å². The van der Waals surface area contributed by atoms with Crippen molar-refractivity contribution in [3.8, 4) is 0 Å². The highest BCUT2D eigenvalue weighted by molar-refractivity contribution is 6.31. The third kappa shape index (κ3) is 2.90. The number of benzene rings is 2. The molecule has 2 N–H and O–H groups in total. The first-order chi connectivity index (χ1) is 12.1. The van der Waals surface area contributed by atoms with Gasteiger partial charge in [-0.1, -0.05) is 48.0 Å². The average Bonchev–Trinajstić information content (AvgIpc) is 3.10. The number of fused-ring (bicyclic) bond motifs is 1. The molecule has 2 heterocycles. The van der Waals surface area contributed by atoms with Crippen LogP contribution in [0.25, 0.3) is 17.0 Å². The van der Waals surface area contributed by atoms with E-state index in [0.29, 0.717) is 11.6 Å². The highest BCUT2D eigenvalue weighted by atomic mass is 35.5. The smallest absolute Gasteiger partial charge is 0.326 e. The molecule has 1 aliphatic rings. The van der Waals surface area contributed by atoms with Crippen molar-refractivity contribution in [1.29, 1.82) is 0 Å². The molecule has 0 saturated carbocycles. The van der Waals surface area contributed by atoms with Gasteiger partial charge in [-0.25, -0.2) is 4.79 Å². The molecule has 25 heavy (non-hydrogen) atoms. The monoisotopic (exact) mass is 351 g/mol. The first-order valence-corrected chi connectivity index (χ1v) is 8.15. The van der Waals surface area contributed by atoms with Gasteiger partial charge in [0.15, 0.2) is 0 Å². The number of imide groups is 1. The Balaban J connectivity index is 1.79. The quantitative estimate of drug-likeness (QED) is 0.560. The molecule has 0 bridgehead atoms. The van der Waals surface area contributed by atoms with Crippen LogP contribution in [0.3, 0.4) is 0 Å². The number of para-hydroxylation sites is 1. The van der Waals surface area contributed by atoms with Crippen LogP contribution >= 0.6 is 11.6 Å². The number of aromatic nitrogens is 1. The molecule has 0 aliphatic carbocycles. The summed E-state index contributed by atoms with van der Waals surface area (Å²) in [4.78, 5) is 23.1. The summed E-state index contributed by atoms with van der Waals surface area (Å²) in [5.41, 5.74) is 3.13. The molecule has 4 rings (SSSR count). The molecule has 0 atom stereocenters. The Labute approximate surface area is 148 Å². The van der Waals surface area contributed by atoms with E-state index in [4.69, 9.17) is 11.6 Å². The molecule has 5 nitrogen and oxygen atoms in total. The summed E-state index contributed by atoms with van der Waals surface area (Å²) in [5.74, 6) is -0.423. The van der Waals surface area contributed by atoms with Crippen molar-refractivity contribution in [1.82, 2.24) is 15.2 Å². The Morgan fingerprint density at radius 3 is 2.52 bits per heavy atom. The van der Waals surface area contributed by atoms with Crippen LogP contribution < -0.4 is 10.6 Å². The highest BCUT2D eigenvalue weighted by Crippen LogP contribution is 2.26. The van der Waals surface area contributed by atoms with E-state index >= 15 is 0 Å². The predicted octanol–water partition coefficient (Wildman–Crippen LogP) is 3.52. The molecular weight excluding hydrogens is 338 g/mol. The summed E-state index contributed by atoms with van der Waals surface area (Å²) >= 11 is 6.28. The van der Waals surface area contributed by atoms with Crippen molar-refractivity contribution < 1.29 is 9.59 Å². The van der Waals surface area contributed by atoms with Gasteiger partial charge in [-0.3, -0.25) is 10.1 Å². The van der Waals surface area contributed by atoms with Crippen molar-refractivity contribution in [2.75, 3.05) is 0 Å². The molecule has 1 fully saturated rings. The van der Waals surface area contributed by atoms with Crippen LogP contribution in [0.5, 0.6) is 0 Å². The fraction of sp³-hybridized carbons (Fsp3) is 0.0526. The number of amides is 3. The second-order valence-electron chi connectivity index (χ2n) is 5.79. The van der Waals surface area contributed by atoms with Gasteiger partial charge in [-0.15, -0.1) is 0 Å². The van der Waals surface area contributed by atoms with Crippen LogP contribution in [0.1, 0.15) is 11.1 Å². The minimum absolute atomic E-state index is 0.241. The van der Waals surface area contributed by atoms with Gasteiger partial charge in [-0.2, -0.15) is 0 Å². The minimum atomic E-state index is -0.504. The Kier molecular flexibility index (Phi) is 3.78. The van der Waals surface area contributed by atoms with Crippen molar-refractivity contribution >= 4 is 40.5 Å². The molecule has 0 radical (unpaired) electrons. The van der Waals surface area contributed by atoms with E-state index in [2.05, 4.69) is 15.2 Å². The molecule has 1 aromatic heterocycles. The maximum atomic E-state index is 11.8. The first-order valence-electron chi connectivity index (χ1n) is 7.77. The van der Waals surface area contributed by atoms with E-state index in [0.717, 1.165) is 22.0 Å². The molecule has 124 valence electrons. The average molecular weight is 352 g/mol. The van der Waals surface area contributed by atoms with Gasteiger partial charge in [0.1, 0.15) is 5.70 Å². The molecule has 1 saturated heterocycles.